The first-order valence-electron chi connectivity index (χ1n) is 6.63. The molecule has 4 nitrogen and oxygen atoms in total. The van der Waals surface area contributed by atoms with Gasteiger partial charge in [-0.1, -0.05) is 6.92 Å². The lowest BCUT2D eigenvalue weighted by Crippen LogP contribution is -2.04. The summed E-state index contributed by atoms with van der Waals surface area (Å²) in [6, 6.07) is 6.46. The highest BCUT2D eigenvalue weighted by Gasteiger charge is 2.10. The van der Waals surface area contributed by atoms with Gasteiger partial charge in [0.1, 0.15) is 18.2 Å². The Morgan fingerprint density at radius 2 is 2.15 bits per heavy atom. The number of hydrogen-bond acceptors (Lipinski definition) is 3. The van der Waals surface area contributed by atoms with Crippen molar-refractivity contribution in [1.82, 2.24) is 9.78 Å². The molecule has 0 amide bonds. The number of nitrogens with zero attached hydrogens (tertiary/aromatic N) is 2. The van der Waals surface area contributed by atoms with Gasteiger partial charge in [-0.2, -0.15) is 5.10 Å². The molecule has 1 aromatic carbocycles. The molecule has 0 saturated heterocycles. The minimum absolute atomic E-state index is 0.270. The standard InChI is InChI=1S/C15H19FN2O2/c1-4-11-7-12(18(3)17-11)9-20-13-5-6-14(10(2)19)15(16)8-13/h5-8,10,19H,4,9H2,1-3H3/t10-/m1/s1. The van der Waals surface area contributed by atoms with Gasteiger partial charge in [0.15, 0.2) is 0 Å². The lowest BCUT2D eigenvalue weighted by Gasteiger charge is -2.10. The summed E-state index contributed by atoms with van der Waals surface area (Å²) in [4.78, 5) is 0. The molecule has 2 aromatic rings. The van der Waals surface area contributed by atoms with Crippen LogP contribution in [-0.4, -0.2) is 14.9 Å². The van der Waals surface area contributed by atoms with E-state index in [1.807, 2.05) is 20.0 Å². The Hall–Kier alpha value is -1.88. The number of hydrogen-bond donors (Lipinski definition) is 1. The van der Waals surface area contributed by atoms with Crippen molar-refractivity contribution in [2.45, 2.75) is 33.0 Å². The van der Waals surface area contributed by atoms with Crippen LogP contribution in [0.2, 0.25) is 0 Å². The highest BCUT2D eigenvalue weighted by atomic mass is 19.1. The maximum absolute atomic E-state index is 13.7. The molecule has 108 valence electrons. The molecule has 1 aromatic heterocycles. The van der Waals surface area contributed by atoms with E-state index in [0.717, 1.165) is 17.8 Å². The first-order chi connectivity index (χ1) is 9.51. The van der Waals surface area contributed by atoms with E-state index < -0.39 is 11.9 Å². The summed E-state index contributed by atoms with van der Waals surface area (Å²) in [6.45, 7) is 3.90. The Kier molecular flexibility index (Phi) is 4.39. The van der Waals surface area contributed by atoms with Gasteiger partial charge in [0.25, 0.3) is 0 Å². The van der Waals surface area contributed by atoms with Crippen LogP contribution in [-0.2, 0) is 20.1 Å². The van der Waals surface area contributed by atoms with Crippen molar-refractivity contribution in [1.29, 1.82) is 0 Å². The lowest BCUT2D eigenvalue weighted by molar-refractivity contribution is 0.193. The van der Waals surface area contributed by atoms with E-state index in [2.05, 4.69) is 5.10 Å². The fourth-order valence-electron chi connectivity index (χ4n) is 1.97. The van der Waals surface area contributed by atoms with E-state index in [-0.39, 0.29) is 5.56 Å². The summed E-state index contributed by atoms with van der Waals surface area (Å²) in [5.41, 5.74) is 2.20. The molecule has 5 heteroatoms. The Labute approximate surface area is 117 Å². The molecule has 0 bridgehead atoms. The number of rotatable bonds is 5. The summed E-state index contributed by atoms with van der Waals surface area (Å²) in [6.07, 6.45) is 0.0409. The van der Waals surface area contributed by atoms with Gasteiger partial charge in [-0.15, -0.1) is 0 Å². The summed E-state index contributed by atoms with van der Waals surface area (Å²) in [7, 11) is 1.86. The molecule has 0 unspecified atom stereocenters. The zero-order valence-electron chi connectivity index (χ0n) is 11.9. The predicted octanol–water partition coefficient (Wildman–Crippen LogP) is 2.75. The Morgan fingerprint density at radius 1 is 1.40 bits per heavy atom. The number of benzene rings is 1. The van der Waals surface area contributed by atoms with Gasteiger partial charge in [0.05, 0.1) is 17.5 Å². The molecule has 0 aliphatic rings. The molecule has 0 saturated carbocycles. The van der Waals surface area contributed by atoms with Crippen LogP contribution in [0.1, 0.15) is 36.9 Å². The second kappa shape index (κ2) is 6.05. The molecule has 0 aliphatic heterocycles. The third-order valence-corrected chi connectivity index (χ3v) is 3.20. The average molecular weight is 278 g/mol. The minimum atomic E-state index is -0.826. The molecule has 0 spiro atoms. The Morgan fingerprint density at radius 3 is 2.70 bits per heavy atom. The van der Waals surface area contributed by atoms with Gasteiger partial charge in [0, 0.05) is 18.7 Å². The van der Waals surface area contributed by atoms with E-state index >= 15 is 0 Å². The average Bonchev–Trinajstić information content (AvgIpc) is 2.76. The third-order valence-electron chi connectivity index (χ3n) is 3.20. The fourth-order valence-corrected chi connectivity index (χ4v) is 1.97. The molecule has 1 heterocycles. The van der Waals surface area contributed by atoms with Crippen LogP contribution in [0.25, 0.3) is 0 Å². The van der Waals surface area contributed by atoms with Crippen molar-refractivity contribution < 1.29 is 14.2 Å². The van der Waals surface area contributed by atoms with Crippen LogP contribution in [0.5, 0.6) is 5.75 Å². The Balaban J connectivity index is 2.07. The van der Waals surface area contributed by atoms with Gasteiger partial charge in [0.2, 0.25) is 0 Å². The monoisotopic (exact) mass is 278 g/mol. The van der Waals surface area contributed by atoms with E-state index in [0.29, 0.717) is 12.4 Å². The van der Waals surface area contributed by atoms with Crippen LogP contribution >= 0.6 is 0 Å². The number of ether oxygens (including phenoxy) is 1. The van der Waals surface area contributed by atoms with E-state index in [1.54, 1.807) is 10.7 Å². The van der Waals surface area contributed by atoms with Crippen LogP contribution in [0.3, 0.4) is 0 Å². The van der Waals surface area contributed by atoms with E-state index in [9.17, 15) is 9.50 Å². The minimum Gasteiger partial charge on any atom is -0.487 e. The smallest absolute Gasteiger partial charge is 0.132 e. The van der Waals surface area contributed by atoms with Crippen LogP contribution in [0.15, 0.2) is 24.3 Å². The van der Waals surface area contributed by atoms with Crippen molar-refractivity contribution in [3.05, 3.63) is 47.0 Å². The van der Waals surface area contributed by atoms with Crippen molar-refractivity contribution in [2.75, 3.05) is 0 Å². The molecule has 1 atom stereocenters. The van der Waals surface area contributed by atoms with E-state index in [4.69, 9.17) is 4.74 Å². The van der Waals surface area contributed by atoms with Gasteiger partial charge in [-0.3, -0.25) is 4.68 Å². The molecule has 20 heavy (non-hydrogen) atoms. The van der Waals surface area contributed by atoms with Gasteiger partial charge in [-0.25, -0.2) is 4.39 Å². The second-order valence-electron chi connectivity index (χ2n) is 4.75. The number of aliphatic hydroxyl groups excluding tert-OH is 1. The second-order valence-corrected chi connectivity index (χ2v) is 4.75. The third kappa shape index (κ3) is 3.17. The number of aryl methyl sites for hydroxylation is 2. The summed E-state index contributed by atoms with van der Waals surface area (Å²) in [5, 5.41) is 13.7. The van der Waals surface area contributed by atoms with E-state index in [1.165, 1.54) is 19.1 Å². The SMILES string of the molecule is CCc1cc(COc2ccc([C@@H](C)O)c(F)c2)n(C)n1. The zero-order valence-corrected chi connectivity index (χ0v) is 11.9. The maximum Gasteiger partial charge on any atom is 0.132 e. The fraction of sp³-hybridized carbons (Fsp3) is 0.400. The molecule has 0 aliphatic carbocycles. The van der Waals surface area contributed by atoms with Crippen molar-refractivity contribution in [3.63, 3.8) is 0 Å². The first-order valence-corrected chi connectivity index (χ1v) is 6.63. The van der Waals surface area contributed by atoms with Crippen LogP contribution in [0.4, 0.5) is 4.39 Å². The molecule has 0 fully saturated rings. The van der Waals surface area contributed by atoms with Gasteiger partial charge in [-0.05, 0) is 31.5 Å². The first kappa shape index (κ1) is 14.5. The lowest BCUT2D eigenvalue weighted by atomic mass is 10.1. The number of halogens is 1. The molecule has 0 radical (unpaired) electrons. The van der Waals surface area contributed by atoms with Crippen molar-refractivity contribution in [2.24, 2.45) is 7.05 Å². The highest BCUT2D eigenvalue weighted by molar-refractivity contribution is 5.30. The van der Waals surface area contributed by atoms with Crippen molar-refractivity contribution >= 4 is 0 Å². The van der Waals surface area contributed by atoms with Crippen LogP contribution in [0, 0.1) is 5.82 Å². The molecule has 2 rings (SSSR count). The number of aliphatic hydroxyl groups is 1. The molecule has 1 N–H and O–H groups in total. The van der Waals surface area contributed by atoms with Crippen molar-refractivity contribution in [3.8, 4) is 5.75 Å². The number of aromatic nitrogens is 2. The molecular formula is C15H19FN2O2. The highest BCUT2D eigenvalue weighted by Crippen LogP contribution is 2.22. The quantitative estimate of drug-likeness (QED) is 0.914. The van der Waals surface area contributed by atoms with Gasteiger partial charge < -0.3 is 9.84 Å². The topological polar surface area (TPSA) is 47.3 Å². The van der Waals surface area contributed by atoms with Gasteiger partial charge >= 0.3 is 0 Å². The zero-order chi connectivity index (χ0) is 14.7. The summed E-state index contributed by atoms with van der Waals surface area (Å²) >= 11 is 0. The summed E-state index contributed by atoms with van der Waals surface area (Å²) < 4.78 is 21.0. The Bertz CT molecular complexity index is 594. The van der Waals surface area contributed by atoms with Crippen LogP contribution < -0.4 is 4.74 Å². The summed E-state index contributed by atoms with van der Waals surface area (Å²) in [5.74, 6) is -0.0251. The maximum atomic E-state index is 13.7. The normalized spacial score (nSPS) is 12.4. The predicted molar refractivity (Wildman–Crippen MR) is 74.0 cm³/mol. The largest absolute Gasteiger partial charge is 0.487 e. The molecular weight excluding hydrogens is 259 g/mol.